The van der Waals surface area contributed by atoms with Crippen LogP contribution < -0.4 is 10.1 Å². The highest BCUT2D eigenvalue weighted by atomic mass is 35.5. The first-order valence-electron chi connectivity index (χ1n) is 7.04. The maximum absolute atomic E-state index is 11.9. The minimum Gasteiger partial charge on any atom is -0.496 e. The third kappa shape index (κ3) is 4.12. The smallest absolute Gasteiger partial charge is 0.251 e. The zero-order valence-corrected chi connectivity index (χ0v) is 13.4. The summed E-state index contributed by atoms with van der Waals surface area (Å²) in [5.41, 5.74) is 2.48. The normalized spacial score (nSPS) is 10.7. The van der Waals surface area contributed by atoms with Gasteiger partial charge in [0.2, 0.25) is 0 Å². The van der Waals surface area contributed by atoms with Crippen molar-refractivity contribution in [3.8, 4) is 5.75 Å². The Morgan fingerprint density at radius 1 is 1.18 bits per heavy atom. The molecule has 22 heavy (non-hydrogen) atoms. The topological polar surface area (TPSA) is 38.3 Å². The van der Waals surface area contributed by atoms with Crippen LogP contribution in [-0.2, 0) is 0 Å². The molecule has 4 heteroatoms. The molecule has 0 aliphatic rings. The molecule has 0 radical (unpaired) electrons. The third-order valence-corrected chi connectivity index (χ3v) is 3.41. The Morgan fingerprint density at radius 3 is 2.55 bits per heavy atom. The lowest BCUT2D eigenvalue weighted by atomic mass is 10.1. The SMILES string of the molecule is CCNC(=O)c1ccc(OC)c(/C=C/c2ccc(Cl)cc2)c1. The molecule has 2 rings (SSSR count). The Bertz CT molecular complexity index is 678. The van der Waals surface area contributed by atoms with Crippen molar-refractivity contribution in [3.05, 3.63) is 64.2 Å². The largest absolute Gasteiger partial charge is 0.496 e. The van der Waals surface area contributed by atoms with E-state index in [-0.39, 0.29) is 5.91 Å². The first-order chi connectivity index (χ1) is 10.6. The molecule has 0 aliphatic heterocycles. The van der Waals surface area contributed by atoms with Crippen molar-refractivity contribution in [2.24, 2.45) is 0 Å². The Balaban J connectivity index is 2.29. The summed E-state index contributed by atoms with van der Waals surface area (Å²) < 4.78 is 5.34. The summed E-state index contributed by atoms with van der Waals surface area (Å²) in [5.74, 6) is 0.629. The average Bonchev–Trinajstić information content (AvgIpc) is 2.54. The van der Waals surface area contributed by atoms with E-state index in [1.54, 1.807) is 19.2 Å². The molecule has 0 fully saturated rings. The Morgan fingerprint density at radius 2 is 1.91 bits per heavy atom. The van der Waals surface area contributed by atoms with Crippen LogP contribution in [0.3, 0.4) is 0 Å². The van der Waals surface area contributed by atoms with Gasteiger partial charge in [0.15, 0.2) is 0 Å². The van der Waals surface area contributed by atoms with Crippen LogP contribution in [0, 0.1) is 0 Å². The van der Waals surface area contributed by atoms with Crippen molar-refractivity contribution in [3.63, 3.8) is 0 Å². The fourth-order valence-electron chi connectivity index (χ4n) is 2.03. The Kier molecular flexibility index (Phi) is 5.61. The molecule has 1 N–H and O–H groups in total. The second-order valence-electron chi connectivity index (χ2n) is 4.70. The average molecular weight is 316 g/mol. The van der Waals surface area contributed by atoms with Gasteiger partial charge in [0.1, 0.15) is 5.75 Å². The van der Waals surface area contributed by atoms with Gasteiger partial charge in [-0.25, -0.2) is 0 Å². The van der Waals surface area contributed by atoms with Crippen molar-refractivity contribution < 1.29 is 9.53 Å². The van der Waals surface area contributed by atoms with Gasteiger partial charge in [-0.3, -0.25) is 4.79 Å². The van der Waals surface area contributed by atoms with Gasteiger partial charge in [0.25, 0.3) is 5.91 Å². The third-order valence-electron chi connectivity index (χ3n) is 3.15. The number of amides is 1. The molecule has 1 amide bonds. The number of hydrogen-bond donors (Lipinski definition) is 1. The summed E-state index contributed by atoms with van der Waals surface area (Å²) in [7, 11) is 1.61. The molecule has 2 aromatic carbocycles. The number of nitrogens with one attached hydrogen (secondary N) is 1. The van der Waals surface area contributed by atoms with E-state index in [4.69, 9.17) is 16.3 Å². The van der Waals surface area contributed by atoms with Crippen molar-refractivity contribution >= 4 is 29.7 Å². The molecule has 3 nitrogen and oxygen atoms in total. The summed E-state index contributed by atoms with van der Waals surface area (Å²) in [5, 5.41) is 3.49. The van der Waals surface area contributed by atoms with Crippen LogP contribution in [0.5, 0.6) is 5.75 Å². The summed E-state index contributed by atoms with van der Waals surface area (Å²) in [4.78, 5) is 11.9. The molecule has 114 valence electrons. The van der Waals surface area contributed by atoms with Gasteiger partial charge in [-0.1, -0.05) is 35.9 Å². The van der Waals surface area contributed by atoms with Crippen LogP contribution in [0.2, 0.25) is 5.02 Å². The van der Waals surface area contributed by atoms with E-state index in [0.717, 1.165) is 16.9 Å². The summed E-state index contributed by atoms with van der Waals surface area (Å²) in [6.45, 7) is 2.49. The van der Waals surface area contributed by atoms with Gasteiger partial charge < -0.3 is 10.1 Å². The second kappa shape index (κ2) is 7.66. The van der Waals surface area contributed by atoms with Gasteiger partial charge in [-0.05, 0) is 42.8 Å². The lowest BCUT2D eigenvalue weighted by Crippen LogP contribution is -2.22. The van der Waals surface area contributed by atoms with Crippen molar-refractivity contribution in [1.29, 1.82) is 0 Å². The predicted molar refractivity (Wildman–Crippen MR) is 91.4 cm³/mol. The first kappa shape index (κ1) is 16.1. The lowest BCUT2D eigenvalue weighted by Gasteiger charge is -2.08. The fraction of sp³-hybridized carbons (Fsp3) is 0.167. The number of carbonyl (C=O) groups is 1. The molecule has 0 spiro atoms. The molecule has 0 saturated heterocycles. The maximum atomic E-state index is 11.9. The predicted octanol–water partition coefficient (Wildman–Crippen LogP) is 4.27. The van der Waals surface area contributed by atoms with E-state index in [1.165, 1.54) is 0 Å². The standard InChI is InChI=1S/C18H18ClNO2/c1-3-20-18(21)15-8-11-17(22-2)14(12-15)7-4-13-5-9-16(19)10-6-13/h4-12H,3H2,1-2H3,(H,20,21)/b7-4+. The van der Waals surface area contributed by atoms with E-state index < -0.39 is 0 Å². The number of halogens is 1. The maximum Gasteiger partial charge on any atom is 0.251 e. The molecule has 0 bridgehead atoms. The van der Waals surface area contributed by atoms with Crippen LogP contribution in [0.15, 0.2) is 42.5 Å². The van der Waals surface area contributed by atoms with Gasteiger partial charge in [-0.2, -0.15) is 0 Å². The number of methoxy groups -OCH3 is 1. The first-order valence-corrected chi connectivity index (χ1v) is 7.41. The van der Waals surface area contributed by atoms with E-state index in [0.29, 0.717) is 17.1 Å². The number of carbonyl (C=O) groups excluding carboxylic acids is 1. The minimum absolute atomic E-state index is 0.0914. The van der Waals surface area contributed by atoms with Gasteiger partial charge >= 0.3 is 0 Å². The number of benzene rings is 2. The fourth-order valence-corrected chi connectivity index (χ4v) is 2.15. The number of ether oxygens (including phenoxy) is 1. The number of hydrogen-bond acceptors (Lipinski definition) is 2. The lowest BCUT2D eigenvalue weighted by molar-refractivity contribution is 0.0956. The van der Waals surface area contributed by atoms with Gasteiger partial charge in [0.05, 0.1) is 7.11 Å². The zero-order chi connectivity index (χ0) is 15.9. The molecule has 0 atom stereocenters. The van der Waals surface area contributed by atoms with E-state index in [2.05, 4.69) is 5.32 Å². The van der Waals surface area contributed by atoms with Crippen molar-refractivity contribution in [2.45, 2.75) is 6.92 Å². The van der Waals surface area contributed by atoms with Crippen molar-refractivity contribution in [2.75, 3.05) is 13.7 Å². The quantitative estimate of drug-likeness (QED) is 0.837. The Labute approximate surface area is 135 Å². The molecular weight excluding hydrogens is 298 g/mol. The molecule has 0 aromatic heterocycles. The van der Waals surface area contributed by atoms with Crippen molar-refractivity contribution in [1.82, 2.24) is 5.32 Å². The Hall–Kier alpha value is -2.26. The highest BCUT2D eigenvalue weighted by molar-refractivity contribution is 6.30. The van der Waals surface area contributed by atoms with Crippen LogP contribution in [-0.4, -0.2) is 19.6 Å². The summed E-state index contributed by atoms with van der Waals surface area (Å²) in [6, 6.07) is 12.9. The highest BCUT2D eigenvalue weighted by Crippen LogP contribution is 2.23. The zero-order valence-electron chi connectivity index (χ0n) is 12.6. The van der Waals surface area contributed by atoms with Crippen LogP contribution in [0.4, 0.5) is 0 Å². The summed E-state index contributed by atoms with van der Waals surface area (Å²) >= 11 is 5.87. The molecule has 0 heterocycles. The highest BCUT2D eigenvalue weighted by Gasteiger charge is 2.07. The van der Waals surface area contributed by atoms with E-state index in [9.17, 15) is 4.79 Å². The molecule has 2 aromatic rings. The molecule has 0 aliphatic carbocycles. The van der Waals surface area contributed by atoms with Crippen LogP contribution >= 0.6 is 11.6 Å². The van der Waals surface area contributed by atoms with E-state index in [1.807, 2.05) is 49.4 Å². The minimum atomic E-state index is -0.0914. The van der Waals surface area contributed by atoms with Crippen LogP contribution in [0.25, 0.3) is 12.2 Å². The van der Waals surface area contributed by atoms with Gasteiger partial charge in [-0.15, -0.1) is 0 Å². The number of rotatable bonds is 5. The van der Waals surface area contributed by atoms with E-state index >= 15 is 0 Å². The molecule has 0 unspecified atom stereocenters. The molecule has 0 saturated carbocycles. The second-order valence-corrected chi connectivity index (χ2v) is 5.14. The summed E-state index contributed by atoms with van der Waals surface area (Å²) in [6.07, 6.45) is 3.88. The van der Waals surface area contributed by atoms with Gasteiger partial charge in [0, 0.05) is 22.7 Å². The molecular formula is C18H18ClNO2. The van der Waals surface area contributed by atoms with Crippen LogP contribution in [0.1, 0.15) is 28.4 Å². The monoisotopic (exact) mass is 315 g/mol.